The van der Waals surface area contributed by atoms with Crippen LogP contribution in [0.3, 0.4) is 0 Å². The number of carbonyl (C=O) groups is 1. The van der Waals surface area contributed by atoms with Gasteiger partial charge < -0.3 is 24.5 Å². The van der Waals surface area contributed by atoms with Crippen LogP contribution in [0.2, 0.25) is 0 Å². The maximum absolute atomic E-state index is 12.5. The molecule has 0 aromatic heterocycles. The van der Waals surface area contributed by atoms with E-state index in [9.17, 15) is 9.90 Å². The van der Waals surface area contributed by atoms with Gasteiger partial charge in [-0.15, -0.1) is 0 Å². The summed E-state index contributed by atoms with van der Waals surface area (Å²) < 4.78 is 5.58. The van der Waals surface area contributed by atoms with E-state index in [1.54, 1.807) is 0 Å². The summed E-state index contributed by atoms with van der Waals surface area (Å²) in [6.07, 6.45) is 0. The molecule has 3 rings (SSSR count). The molecule has 1 N–H and O–H groups in total. The van der Waals surface area contributed by atoms with Crippen molar-refractivity contribution in [1.82, 2.24) is 14.7 Å². The second kappa shape index (κ2) is 8.65. The fraction of sp³-hybridized carbons (Fsp3) is 0.632. The van der Waals surface area contributed by atoms with E-state index in [0.29, 0.717) is 24.8 Å². The summed E-state index contributed by atoms with van der Waals surface area (Å²) in [5.41, 5.74) is 0. The monoisotopic (exact) mass is 347 g/mol. The van der Waals surface area contributed by atoms with Gasteiger partial charge in [0.1, 0.15) is 5.75 Å². The molecule has 0 saturated carbocycles. The van der Waals surface area contributed by atoms with Crippen LogP contribution in [0.1, 0.15) is 0 Å². The molecule has 2 aliphatic rings. The normalized spacial score (nSPS) is 25.3. The number of carbonyl (C=O) groups excluding carboxylic acids is 1. The van der Waals surface area contributed by atoms with Gasteiger partial charge in [-0.2, -0.15) is 0 Å². The van der Waals surface area contributed by atoms with E-state index >= 15 is 0 Å². The maximum atomic E-state index is 12.5. The SMILES string of the molecule is CN1CCN(C[C@@H]2CN(C(=O)COc3ccccc3)C[C@@H]2CO)CC1. The van der Waals surface area contributed by atoms with E-state index in [0.717, 1.165) is 32.7 Å². The third-order valence-corrected chi connectivity index (χ3v) is 5.36. The van der Waals surface area contributed by atoms with Crippen LogP contribution in [0.15, 0.2) is 30.3 Å². The number of likely N-dealkylation sites (N-methyl/N-ethyl adjacent to an activating group) is 1. The molecule has 2 saturated heterocycles. The van der Waals surface area contributed by atoms with Crippen molar-refractivity contribution in [3.8, 4) is 5.75 Å². The Morgan fingerprint density at radius 3 is 2.48 bits per heavy atom. The number of aliphatic hydroxyl groups excluding tert-OH is 1. The number of piperazine rings is 1. The van der Waals surface area contributed by atoms with Crippen LogP contribution >= 0.6 is 0 Å². The van der Waals surface area contributed by atoms with Gasteiger partial charge in [-0.1, -0.05) is 18.2 Å². The third kappa shape index (κ3) is 4.93. The predicted octanol–water partition coefficient (Wildman–Crippen LogP) is 0.380. The molecular weight excluding hydrogens is 318 g/mol. The average Bonchev–Trinajstić information content (AvgIpc) is 3.05. The summed E-state index contributed by atoms with van der Waals surface area (Å²) >= 11 is 0. The molecule has 6 heteroatoms. The number of benzene rings is 1. The summed E-state index contributed by atoms with van der Waals surface area (Å²) in [4.78, 5) is 19.1. The van der Waals surface area contributed by atoms with Crippen molar-refractivity contribution < 1.29 is 14.6 Å². The summed E-state index contributed by atoms with van der Waals surface area (Å²) in [5.74, 6) is 1.22. The Morgan fingerprint density at radius 2 is 1.80 bits per heavy atom. The van der Waals surface area contributed by atoms with Crippen molar-refractivity contribution in [3.05, 3.63) is 30.3 Å². The second-order valence-electron chi connectivity index (χ2n) is 7.21. The van der Waals surface area contributed by atoms with Crippen molar-refractivity contribution in [2.45, 2.75) is 0 Å². The molecule has 2 heterocycles. The van der Waals surface area contributed by atoms with Gasteiger partial charge in [0.25, 0.3) is 5.91 Å². The number of hydrogen-bond acceptors (Lipinski definition) is 5. The van der Waals surface area contributed by atoms with Gasteiger partial charge in [0.15, 0.2) is 6.61 Å². The molecule has 1 aromatic rings. The van der Waals surface area contributed by atoms with Crippen LogP contribution in [0.5, 0.6) is 5.75 Å². The molecule has 2 atom stereocenters. The number of rotatable bonds is 6. The Kier molecular flexibility index (Phi) is 6.29. The summed E-state index contributed by atoms with van der Waals surface area (Å²) in [7, 11) is 2.15. The third-order valence-electron chi connectivity index (χ3n) is 5.36. The van der Waals surface area contributed by atoms with Crippen LogP contribution in [0, 0.1) is 11.8 Å². The lowest BCUT2D eigenvalue weighted by Gasteiger charge is -2.34. The zero-order valence-electron chi connectivity index (χ0n) is 15.0. The fourth-order valence-corrected chi connectivity index (χ4v) is 3.67. The first-order chi connectivity index (χ1) is 12.2. The standard InChI is InChI=1S/C19H29N3O3/c1-20-7-9-21(10-8-20)11-16-12-22(13-17(16)14-23)19(24)15-25-18-5-3-2-4-6-18/h2-6,16-17,23H,7-15H2,1H3/t16-,17-/m1/s1. The topological polar surface area (TPSA) is 56.2 Å². The van der Waals surface area contributed by atoms with Gasteiger partial charge in [-0.05, 0) is 25.1 Å². The minimum Gasteiger partial charge on any atom is -0.484 e. The van der Waals surface area contributed by atoms with E-state index in [2.05, 4.69) is 16.8 Å². The van der Waals surface area contributed by atoms with E-state index in [1.165, 1.54) is 0 Å². The first kappa shape index (κ1) is 18.2. The molecule has 2 fully saturated rings. The first-order valence-corrected chi connectivity index (χ1v) is 9.13. The number of likely N-dealkylation sites (tertiary alicyclic amines) is 1. The molecule has 1 aromatic carbocycles. The van der Waals surface area contributed by atoms with Crippen molar-refractivity contribution in [1.29, 1.82) is 0 Å². The lowest BCUT2D eigenvalue weighted by molar-refractivity contribution is -0.132. The predicted molar refractivity (Wildman–Crippen MR) is 96.5 cm³/mol. The van der Waals surface area contributed by atoms with E-state index in [-0.39, 0.29) is 25.0 Å². The highest BCUT2D eigenvalue weighted by Gasteiger charge is 2.36. The van der Waals surface area contributed by atoms with E-state index < -0.39 is 0 Å². The Morgan fingerprint density at radius 1 is 1.12 bits per heavy atom. The quantitative estimate of drug-likeness (QED) is 0.806. The highest BCUT2D eigenvalue weighted by Crippen LogP contribution is 2.25. The van der Waals surface area contributed by atoms with Gasteiger partial charge >= 0.3 is 0 Å². The Hall–Kier alpha value is -1.63. The second-order valence-corrected chi connectivity index (χ2v) is 7.21. The van der Waals surface area contributed by atoms with E-state index in [4.69, 9.17) is 4.74 Å². The van der Waals surface area contributed by atoms with Crippen LogP contribution < -0.4 is 4.74 Å². The van der Waals surface area contributed by atoms with Crippen molar-refractivity contribution >= 4 is 5.91 Å². The molecule has 138 valence electrons. The molecule has 0 unspecified atom stereocenters. The molecule has 2 aliphatic heterocycles. The molecule has 0 bridgehead atoms. The largest absolute Gasteiger partial charge is 0.484 e. The van der Waals surface area contributed by atoms with Crippen LogP contribution in [0.4, 0.5) is 0 Å². The maximum Gasteiger partial charge on any atom is 0.260 e. The van der Waals surface area contributed by atoms with Gasteiger partial charge in [0.05, 0.1) is 0 Å². The van der Waals surface area contributed by atoms with Crippen molar-refractivity contribution in [2.75, 3.05) is 66.1 Å². The van der Waals surface area contributed by atoms with Crippen LogP contribution in [-0.4, -0.2) is 91.8 Å². The zero-order valence-corrected chi connectivity index (χ0v) is 15.0. The Balaban J connectivity index is 1.49. The smallest absolute Gasteiger partial charge is 0.260 e. The zero-order chi connectivity index (χ0) is 17.6. The van der Waals surface area contributed by atoms with Gasteiger partial charge in [0, 0.05) is 58.3 Å². The van der Waals surface area contributed by atoms with Crippen LogP contribution in [-0.2, 0) is 4.79 Å². The molecule has 25 heavy (non-hydrogen) atoms. The minimum absolute atomic E-state index is 0.00294. The molecule has 0 spiro atoms. The molecule has 1 amide bonds. The number of ether oxygens (including phenoxy) is 1. The lowest BCUT2D eigenvalue weighted by Crippen LogP contribution is -2.47. The minimum atomic E-state index is 0.00294. The average molecular weight is 347 g/mol. The van der Waals surface area contributed by atoms with Gasteiger partial charge in [0.2, 0.25) is 0 Å². The Bertz CT molecular complexity index is 546. The molecule has 6 nitrogen and oxygen atoms in total. The van der Waals surface area contributed by atoms with Gasteiger partial charge in [-0.25, -0.2) is 0 Å². The lowest BCUT2D eigenvalue weighted by atomic mass is 9.96. The number of aliphatic hydroxyl groups is 1. The highest BCUT2D eigenvalue weighted by molar-refractivity contribution is 5.78. The summed E-state index contributed by atoms with van der Waals surface area (Å²) in [6, 6.07) is 9.41. The number of para-hydroxylation sites is 1. The van der Waals surface area contributed by atoms with Crippen molar-refractivity contribution in [2.24, 2.45) is 11.8 Å². The van der Waals surface area contributed by atoms with Crippen LogP contribution in [0.25, 0.3) is 0 Å². The van der Waals surface area contributed by atoms with Crippen molar-refractivity contribution in [3.63, 3.8) is 0 Å². The first-order valence-electron chi connectivity index (χ1n) is 9.13. The molecule has 0 radical (unpaired) electrons. The Labute approximate surface area is 150 Å². The highest BCUT2D eigenvalue weighted by atomic mass is 16.5. The molecular formula is C19H29N3O3. The fourth-order valence-electron chi connectivity index (χ4n) is 3.67. The number of hydrogen-bond donors (Lipinski definition) is 1. The number of amides is 1. The number of nitrogens with zero attached hydrogens (tertiary/aromatic N) is 3. The summed E-state index contributed by atoms with van der Waals surface area (Å²) in [5, 5.41) is 9.72. The van der Waals surface area contributed by atoms with Gasteiger partial charge in [-0.3, -0.25) is 4.79 Å². The molecule has 0 aliphatic carbocycles. The summed E-state index contributed by atoms with van der Waals surface area (Å²) in [6.45, 7) is 6.81. The van der Waals surface area contributed by atoms with E-state index in [1.807, 2.05) is 35.2 Å².